The number of fused-ring (bicyclic) bond motifs is 2. The summed E-state index contributed by atoms with van der Waals surface area (Å²) < 4.78 is 7.95. The minimum Gasteiger partial charge on any atom is -0.373 e. The largest absolute Gasteiger partial charge is 0.373 e. The average Bonchev–Trinajstić information content (AvgIpc) is 3.16. The molecule has 3 atom stereocenters. The molecule has 2 fully saturated rings. The normalized spacial score (nSPS) is 31.9. The van der Waals surface area contributed by atoms with E-state index < -0.39 is 0 Å². The van der Waals surface area contributed by atoms with Gasteiger partial charge >= 0.3 is 0 Å². The number of rotatable bonds is 5. The highest BCUT2D eigenvalue weighted by atomic mass is 16.5. The van der Waals surface area contributed by atoms with Crippen LogP contribution in [-0.4, -0.2) is 22.0 Å². The second kappa shape index (κ2) is 5.21. The van der Waals surface area contributed by atoms with Gasteiger partial charge in [0, 0.05) is 12.6 Å². The van der Waals surface area contributed by atoms with Gasteiger partial charge in [-0.3, -0.25) is 4.68 Å². The summed E-state index contributed by atoms with van der Waals surface area (Å²) in [7, 11) is 0. The summed E-state index contributed by atoms with van der Waals surface area (Å²) >= 11 is 0. The first-order valence-corrected chi connectivity index (χ1v) is 7.81. The highest BCUT2D eigenvalue weighted by Gasteiger charge is 2.53. The molecule has 0 aliphatic carbocycles. The molecule has 2 saturated heterocycles. The fraction of sp³-hybridized carbons (Fsp3) is 0.750. The van der Waals surface area contributed by atoms with E-state index in [0.717, 1.165) is 44.2 Å². The molecule has 3 unspecified atom stereocenters. The molecule has 108 valence electrons. The van der Waals surface area contributed by atoms with Crippen LogP contribution in [-0.2, 0) is 11.2 Å². The van der Waals surface area contributed by atoms with Gasteiger partial charge in [0.1, 0.15) is 0 Å². The van der Waals surface area contributed by atoms with Crippen LogP contribution in [0.2, 0.25) is 0 Å². The number of aromatic nitrogens is 2. The maximum Gasteiger partial charge on any atom is 0.0915 e. The van der Waals surface area contributed by atoms with Crippen molar-refractivity contribution >= 4 is 0 Å². The third-order valence-corrected chi connectivity index (χ3v) is 5.02. The molecular weight excluding hydrogens is 250 g/mol. The van der Waals surface area contributed by atoms with E-state index in [2.05, 4.69) is 36.9 Å². The van der Waals surface area contributed by atoms with Crippen molar-refractivity contribution in [3.05, 3.63) is 18.0 Å². The van der Waals surface area contributed by atoms with Crippen molar-refractivity contribution in [2.75, 3.05) is 0 Å². The minimum absolute atomic E-state index is 0.121. The Hall–Kier alpha value is -1.34. The zero-order valence-electron chi connectivity index (χ0n) is 12.4. The summed E-state index contributed by atoms with van der Waals surface area (Å²) in [6, 6.07) is 5.09. The van der Waals surface area contributed by atoms with Gasteiger partial charge in [0.25, 0.3) is 0 Å². The predicted octanol–water partition coefficient (Wildman–Crippen LogP) is 3.25. The number of nitriles is 1. The Labute approximate surface area is 120 Å². The van der Waals surface area contributed by atoms with E-state index in [1.807, 2.05) is 0 Å². The van der Waals surface area contributed by atoms with Crippen LogP contribution in [0.3, 0.4) is 0 Å². The summed E-state index contributed by atoms with van der Waals surface area (Å²) in [5, 5.41) is 14.3. The molecule has 4 nitrogen and oxygen atoms in total. The maximum atomic E-state index is 9.64. The quantitative estimate of drug-likeness (QED) is 0.827. The monoisotopic (exact) mass is 273 g/mol. The molecule has 2 aliphatic rings. The van der Waals surface area contributed by atoms with Crippen molar-refractivity contribution in [3.8, 4) is 6.07 Å². The van der Waals surface area contributed by atoms with Crippen LogP contribution < -0.4 is 0 Å². The van der Waals surface area contributed by atoms with Gasteiger partial charge in [0.2, 0.25) is 0 Å². The number of ether oxygens (including phenoxy) is 1. The van der Waals surface area contributed by atoms with Crippen LogP contribution in [0.15, 0.2) is 12.3 Å². The third-order valence-electron chi connectivity index (χ3n) is 5.02. The van der Waals surface area contributed by atoms with Crippen LogP contribution in [0.25, 0.3) is 0 Å². The van der Waals surface area contributed by atoms with Gasteiger partial charge in [-0.1, -0.05) is 13.8 Å². The highest BCUT2D eigenvalue weighted by molar-refractivity contribution is 5.18. The maximum absolute atomic E-state index is 9.64. The molecule has 0 spiro atoms. The Morgan fingerprint density at radius 1 is 1.50 bits per heavy atom. The topological polar surface area (TPSA) is 50.8 Å². The Morgan fingerprint density at radius 2 is 2.30 bits per heavy atom. The molecule has 20 heavy (non-hydrogen) atoms. The highest BCUT2D eigenvalue weighted by Crippen LogP contribution is 2.49. The lowest BCUT2D eigenvalue weighted by atomic mass is 9.72. The zero-order chi connectivity index (χ0) is 14.2. The second-order valence-electron chi connectivity index (χ2n) is 6.23. The fourth-order valence-corrected chi connectivity index (χ4v) is 3.80. The summed E-state index contributed by atoms with van der Waals surface area (Å²) in [5.74, 6) is 0. The van der Waals surface area contributed by atoms with E-state index in [9.17, 15) is 5.26 Å². The van der Waals surface area contributed by atoms with Crippen molar-refractivity contribution in [3.63, 3.8) is 0 Å². The van der Waals surface area contributed by atoms with Crippen molar-refractivity contribution in [1.29, 1.82) is 5.26 Å². The Kier molecular flexibility index (Phi) is 3.55. The first kappa shape index (κ1) is 13.6. The number of nitrogens with zero attached hydrogens (tertiary/aromatic N) is 3. The molecule has 1 aromatic rings. The van der Waals surface area contributed by atoms with E-state index in [1.54, 1.807) is 0 Å². The molecule has 2 aliphatic heterocycles. The van der Waals surface area contributed by atoms with Crippen molar-refractivity contribution in [1.82, 2.24) is 9.78 Å². The van der Waals surface area contributed by atoms with Gasteiger partial charge in [0.05, 0.1) is 35.4 Å². The van der Waals surface area contributed by atoms with Crippen molar-refractivity contribution in [2.24, 2.45) is 5.41 Å². The molecular formula is C16H23N3O. The molecule has 0 N–H and O–H groups in total. The van der Waals surface area contributed by atoms with E-state index in [-0.39, 0.29) is 11.5 Å². The smallest absolute Gasteiger partial charge is 0.0915 e. The lowest BCUT2D eigenvalue weighted by Gasteiger charge is -2.27. The lowest BCUT2D eigenvalue weighted by molar-refractivity contribution is 0.0784. The standard InChI is InChI=1S/C16H23N3O/c1-3-13(4-2)19-8-7-12(18-19)9-16(11-17)10-14-5-6-15(16)20-14/h7-8,13-15H,3-6,9-10H2,1-2H3. The summed E-state index contributed by atoms with van der Waals surface area (Å²) in [5.41, 5.74) is 0.699. The van der Waals surface area contributed by atoms with Crippen LogP contribution in [0.4, 0.5) is 0 Å². The first-order chi connectivity index (χ1) is 9.70. The molecule has 3 heterocycles. The number of hydrogen-bond donors (Lipinski definition) is 0. The second-order valence-corrected chi connectivity index (χ2v) is 6.23. The van der Waals surface area contributed by atoms with Crippen molar-refractivity contribution < 1.29 is 4.74 Å². The zero-order valence-corrected chi connectivity index (χ0v) is 12.4. The lowest BCUT2D eigenvalue weighted by Crippen LogP contribution is -2.33. The summed E-state index contributed by atoms with van der Waals surface area (Å²) in [6.07, 6.45) is 8.44. The van der Waals surface area contributed by atoms with E-state index in [0.29, 0.717) is 12.1 Å². The molecule has 0 radical (unpaired) electrons. The summed E-state index contributed by atoms with van der Waals surface area (Å²) in [4.78, 5) is 0. The Morgan fingerprint density at radius 3 is 2.85 bits per heavy atom. The van der Waals surface area contributed by atoms with Gasteiger partial charge in [-0.2, -0.15) is 10.4 Å². The fourth-order valence-electron chi connectivity index (χ4n) is 3.80. The van der Waals surface area contributed by atoms with Crippen LogP contribution in [0, 0.1) is 16.7 Å². The molecule has 0 amide bonds. The van der Waals surface area contributed by atoms with Gasteiger partial charge in [-0.25, -0.2) is 0 Å². The summed E-state index contributed by atoms with van der Waals surface area (Å²) in [6.45, 7) is 4.38. The Balaban J connectivity index is 1.76. The molecule has 0 saturated carbocycles. The third kappa shape index (κ3) is 2.14. The first-order valence-electron chi connectivity index (χ1n) is 7.81. The van der Waals surface area contributed by atoms with Gasteiger partial charge in [-0.15, -0.1) is 0 Å². The number of hydrogen-bond acceptors (Lipinski definition) is 3. The van der Waals surface area contributed by atoms with E-state index >= 15 is 0 Å². The SMILES string of the molecule is CCC(CC)n1ccc(CC2(C#N)CC3CCC2O3)n1. The van der Waals surface area contributed by atoms with Gasteiger partial charge in [-0.05, 0) is 38.2 Å². The van der Waals surface area contributed by atoms with E-state index in [1.165, 1.54) is 0 Å². The molecule has 1 aromatic heterocycles. The van der Waals surface area contributed by atoms with Crippen LogP contribution in [0.1, 0.15) is 57.7 Å². The molecule has 4 heteroatoms. The van der Waals surface area contributed by atoms with Crippen LogP contribution in [0.5, 0.6) is 0 Å². The molecule has 3 rings (SSSR count). The molecule has 0 aromatic carbocycles. The predicted molar refractivity (Wildman–Crippen MR) is 76.1 cm³/mol. The van der Waals surface area contributed by atoms with Crippen LogP contribution >= 0.6 is 0 Å². The van der Waals surface area contributed by atoms with Crippen molar-refractivity contribution in [2.45, 2.75) is 70.6 Å². The van der Waals surface area contributed by atoms with Gasteiger partial charge in [0.15, 0.2) is 0 Å². The van der Waals surface area contributed by atoms with E-state index in [4.69, 9.17) is 9.84 Å². The molecule has 2 bridgehead atoms. The minimum atomic E-state index is -0.337. The average molecular weight is 273 g/mol. The van der Waals surface area contributed by atoms with Gasteiger partial charge < -0.3 is 4.74 Å². The Bertz CT molecular complexity index is 514.